The number of ether oxygens (including phenoxy) is 2. The molecule has 0 aromatic heterocycles. The van der Waals surface area contributed by atoms with Gasteiger partial charge in [-0.1, -0.05) is 29.9 Å². The van der Waals surface area contributed by atoms with E-state index < -0.39 is 0 Å². The standard InChI is InChI=1S/C23H27NO4/c1-5-28-22-14-19(26)13-18(20(22)10-6-16(2)3)9-7-17-8-11-21(24-15-25)23(12-17)27-4/h6-9,11-15,26H,5,10H2,1-4H3,(H,24,25). The lowest BCUT2D eigenvalue weighted by Gasteiger charge is -2.13. The molecule has 5 nitrogen and oxygen atoms in total. The van der Waals surface area contributed by atoms with Crippen molar-refractivity contribution in [3.8, 4) is 17.2 Å². The van der Waals surface area contributed by atoms with Crippen molar-refractivity contribution in [2.45, 2.75) is 27.2 Å². The first kappa shape index (κ1) is 21.1. The normalized spacial score (nSPS) is 10.6. The van der Waals surface area contributed by atoms with Gasteiger partial charge in [-0.15, -0.1) is 0 Å². The number of benzene rings is 2. The molecule has 2 aromatic rings. The SMILES string of the molecule is CCOc1cc(O)cc(C=Cc2ccc(NC=O)c(OC)c2)c1CC=C(C)C. The summed E-state index contributed by atoms with van der Waals surface area (Å²) in [5.41, 5.74) is 4.63. The van der Waals surface area contributed by atoms with E-state index in [9.17, 15) is 9.90 Å². The van der Waals surface area contributed by atoms with Crippen LogP contribution in [0.1, 0.15) is 37.5 Å². The molecule has 148 valence electrons. The van der Waals surface area contributed by atoms with E-state index >= 15 is 0 Å². The molecule has 5 heteroatoms. The molecule has 1 amide bonds. The summed E-state index contributed by atoms with van der Waals surface area (Å²) in [6.45, 7) is 6.55. The van der Waals surface area contributed by atoms with Crippen molar-refractivity contribution in [2.75, 3.05) is 19.0 Å². The van der Waals surface area contributed by atoms with E-state index in [1.165, 1.54) is 5.57 Å². The first-order valence-corrected chi connectivity index (χ1v) is 9.16. The second-order valence-corrected chi connectivity index (χ2v) is 6.49. The van der Waals surface area contributed by atoms with Crippen LogP contribution in [-0.2, 0) is 11.2 Å². The quantitative estimate of drug-likeness (QED) is 0.362. The topological polar surface area (TPSA) is 67.8 Å². The lowest BCUT2D eigenvalue weighted by atomic mass is 10.00. The predicted octanol–water partition coefficient (Wildman–Crippen LogP) is 5.05. The van der Waals surface area contributed by atoms with Gasteiger partial charge in [-0.3, -0.25) is 4.79 Å². The van der Waals surface area contributed by atoms with E-state index in [1.807, 2.05) is 31.2 Å². The molecular weight excluding hydrogens is 354 g/mol. The number of methoxy groups -OCH3 is 1. The Balaban J connectivity index is 2.43. The van der Waals surface area contributed by atoms with Gasteiger partial charge in [0.25, 0.3) is 0 Å². The average molecular weight is 381 g/mol. The molecule has 0 spiro atoms. The van der Waals surface area contributed by atoms with Crippen molar-refractivity contribution in [3.63, 3.8) is 0 Å². The van der Waals surface area contributed by atoms with Gasteiger partial charge in [0.1, 0.15) is 17.2 Å². The fourth-order valence-corrected chi connectivity index (χ4v) is 2.79. The Hall–Kier alpha value is -3.21. The van der Waals surface area contributed by atoms with Crippen LogP contribution in [0, 0.1) is 0 Å². The molecule has 0 radical (unpaired) electrons. The summed E-state index contributed by atoms with van der Waals surface area (Å²) >= 11 is 0. The summed E-state index contributed by atoms with van der Waals surface area (Å²) in [5, 5.41) is 12.7. The number of aromatic hydroxyl groups is 1. The van der Waals surface area contributed by atoms with Gasteiger partial charge in [-0.2, -0.15) is 0 Å². The minimum atomic E-state index is 0.159. The smallest absolute Gasteiger partial charge is 0.211 e. The number of phenols is 1. The van der Waals surface area contributed by atoms with E-state index in [0.29, 0.717) is 36.6 Å². The number of nitrogens with one attached hydrogen (secondary N) is 1. The zero-order valence-electron chi connectivity index (χ0n) is 16.8. The van der Waals surface area contributed by atoms with Gasteiger partial charge < -0.3 is 19.9 Å². The van der Waals surface area contributed by atoms with Crippen LogP contribution >= 0.6 is 0 Å². The second-order valence-electron chi connectivity index (χ2n) is 6.49. The summed E-state index contributed by atoms with van der Waals surface area (Å²) in [4.78, 5) is 10.7. The van der Waals surface area contributed by atoms with E-state index in [2.05, 4.69) is 25.2 Å². The van der Waals surface area contributed by atoms with Gasteiger partial charge in [-0.25, -0.2) is 0 Å². The minimum Gasteiger partial charge on any atom is -0.508 e. The third kappa shape index (κ3) is 5.64. The molecule has 2 aromatic carbocycles. The van der Waals surface area contributed by atoms with Crippen molar-refractivity contribution in [1.29, 1.82) is 0 Å². The second kappa shape index (κ2) is 10.2. The van der Waals surface area contributed by atoms with Crippen molar-refractivity contribution in [1.82, 2.24) is 0 Å². The van der Waals surface area contributed by atoms with Gasteiger partial charge in [0.15, 0.2) is 0 Å². The van der Waals surface area contributed by atoms with Gasteiger partial charge in [-0.05, 0) is 56.5 Å². The third-order valence-corrected chi connectivity index (χ3v) is 4.14. The number of anilines is 1. The number of carbonyl (C=O) groups is 1. The van der Waals surface area contributed by atoms with Gasteiger partial charge >= 0.3 is 0 Å². The summed E-state index contributed by atoms with van der Waals surface area (Å²) in [7, 11) is 1.56. The highest BCUT2D eigenvalue weighted by atomic mass is 16.5. The summed E-state index contributed by atoms with van der Waals surface area (Å²) in [5.74, 6) is 1.42. The number of phenolic OH excluding ortho intramolecular Hbond substituents is 1. The van der Waals surface area contributed by atoms with E-state index in [-0.39, 0.29) is 5.75 Å². The molecule has 0 aliphatic rings. The highest BCUT2D eigenvalue weighted by molar-refractivity contribution is 5.79. The van der Waals surface area contributed by atoms with E-state index in [4.69, 9.17) is 9.47 Å². The lowest BCUT2D eigenvalue weighted by molar-refractivity contribution is -0.105. The number of rotatable bonds is 9. The molecule has 0 bridgehead atoms. The summed E-state index contributed by atoms with van der Waals surface area (Å²) in [6.07, 6.45) is 7.34. The van der Waals surface area contributed by atoms with Gasteiger partial charge in [0.05, 0.1) is 19.4 Å². The van der Waals surface area contributed by atoms with Crippen LogP contribution in [0.4, 0.5) is 5.69 Å². The fraction of sp³-hybridized carbons (Fsp3) is 0.261. The number of hydrogen-bond donors (Lipinski definition) is 2. The van der Waals surface area contributed by atoms with Crippen molar-refractivity contribution < 1.29 is 19.4 Å². The van der Waals surface area contributed by atoms with Crippen molar-refractivity contribution in [3.05, 3.63) is 58.7 Å². The fourth-order valence-electron chi connectivity index (χ4n) is 2.79. The van der Waals surface area contributed by atoms with Crippen LogP contribution in [0.25, 0.3) is 12.2 Å². The van der Waals surface area contributed by atoms with E-state index in [1.54, 1.807) is 25.3 Å². The molecule has 0 atom stereocenters. The molecular formula is C23H27NO4. The molecule has 0 unspecified atom stereocenters. The van der Waals surface area contributed by atoms with E-state index in [0.717, 1.165) is 16.7 Å². The monoisotopic (exact) mass is 381 g/mol. The minimum absolute atomic E-state index is 0.159. The van der Waals surface area contributed by atoms with Gasteiger partial charge in [0.2, 0.25) is 6.41 Å². The Bertz CT molecular complexity index is 880. The number of amides is 1. The molecule has 0 saturated heterocycles. The molecule has 0 heterocycles. The number of allylic oxidation sites excluding steroid dienone is 2. The van der Waals surface area contributed by atoms with Crippen LogP contribution in [0.3, 0.4) is 0 Å². The zero-order chi connectivity index (χ0) is 20.5. The number of carbonyl (C=O) groups excluding carboxylic acids is 1. The highest BCUT2D eigenvalue weighted by Crippen LogP contribution is 2.31. The predicted molar refractivity (Wildman–Crippen MR) is 114 cm³/mol. The summed E-state index contributed by atoms with van der Waals surface area (Å²) < 4.78 is 11.1. The molecule has 2 N–H and O–H groups in total. The average Bonchev–Trinajstić information content (AvgIpc) is 2.66. The van der Waals surface area contributed by atoms with Gasteiger partial charge in [0, 0.05) is 11.6 Å². The van der Waals surface area contributed by atoms with Crippen LogP contribution in [-0.4, -0.2) is 25.2 Å². The Labute approximate surface area is 166 Å². The Morgan fingerprint density at radius 3 is 2.57 bits per heavy atom. The molecule has 28 heavy (non-hydrogen) atoms. The molecule has 0 aliphatic carbocycles. The molecule has 0 saturated carbocycles. The first-order chi connectivity index (χ1) is 13.5. The Morgan fingerprint density at radius 1 is 1.14 bits per heavy atom. The van der Waals surface area contributed by atoms with Crippen molar-refractivity contribution >= 4 is 24.2 Å². The first-order valence-electron chi connectivity index (χ1n) is 9.16. The Kier molecular flexibility index (Phi) is 7.69. The highest BCUT2D eigenvalue weighted by Gasteiger charge is 2.10. The maximum atomic E-state index is 10.7. The van der Waals surface area contributed by atoms with Crippen molar-refractivity contribution in [2.24, 2.45) is 0 Å². The summed E-state index contributed by atoms with van der Waals surface area (Å²) in [6, 6.07) is 8.88. The zero-order valence-corrected chi connectivity index (χ0v) is 16.8. The largest absolute Gasteiger partial charge is 0.508 e. The number of hydrogen-bond acceptors (Lipinski definition) is 4. The molecule has 0 aliphatic heterocycles. The van der Waals surface area contributed by atoms with Crippen LogP contribution in [0.2, 0.25) is 0 Å². The maximum Gasteiger partial charge on any atom is 0.211 e. The lowest BCUT2D eigenvalue weighted by Crippen LogP contribution is -1.99. The Morgan fingerprint density at radius 2 is 1.93 bits per heavy atom. The third-order valence-electron chi connectivity index (χ3n) is 4.14. The van der Waals surface area contributed by atoms with Crippen LogP contribution in [0.15, 0.2) is 42.0 Å². The maximum absolute atomic E-state index is 10.7. The van der Waals surface area contributed by atoms with Crippen LogP contribution in [0.5, 0.6) is 17.2 Å². The van der Waals surface area contributed by atoms with Crippen LogP contribution < -0.4 is 14.8 Å². The molecule has 2 rings (SSSR count). The molecule has 0 fully saturated rings.